The Hall–Kier alpha value is -2.28. The van der Waals surface area contributed by atoms with Gasteiger partial charge in [0, 0.05) is 31.2 Å². The number of amides is 3. The van der Waals surface area contributed by atoms with Gasteiger partial charge in [-0.3, -0.25) is 14.6 Å². The molecule has 0 aromatic heterocycles. The molecule has 7 heteroatoms. The maximum absolute atomic E-state index is 12.4. The molecular weight excluding hydrogens is 310 g/mol. The van der Waals surface area contributed by atoms with Gasteiger partial charge < -0.3 is 14.8 Å². The summed E-state index contributed by atoms with van der Waals surface area (Å²) >= 11 is 0. The average Bonchev–Trinajstić information content (AvgIpc) is 3.35. The highest BCUT2D eigenvalue weighted by atomic mass is 16.5. The highest BCUT2D eigenvalue weighted by Gasteiger charge is 2.34. The molecule has 2 fully saturated rings. The van der Waals surface area contributed by atoms with Crippen molar-refractivity contribution in [1.29, 1.82) is 0 Å². The van der Waals surface area contributed by atoms with Gasteiger partial charge in [-0.15, -0.1) is 0 Å². The van der Waals surface area contributed by atoms with E-state index in [4.69, 9.17) is 9.47 Å². The molecular formula is C17H23N3O4. The summed E-state index contributed by atoms with van der Waals surface area (Å²) in [6.45, 7) is 1.79. The molecule has 1 heterocycles. The zero-order chi connectivity index (χ0) is 17.1. The molecule has 1 aliphatic heterocycles. The first-order valence-corrected chi connectivity index (χ1v) is 8.15. The fraction of sp³-hybridized carbons (Fsp3) is 0.529. The molecule has 2 aliphatic rings. The van der Waals surface area contributed by atoms with E-state index >= 15 is 0 Å². The Morgan fingerprint density at radius 3 is 2.71 bits per heavy atom. The van der Waals surface area contributed by atoms with E-state index in [0.29, 0.717) is 25.7 Å². The average molecular weight is 333 g/mol. The molecule has 1 aromatic rings. The number of imide groups is 1. The second-order valence-corrected chi connectivity index (χ2v) is 6.09. The molecule has 0 radical (unpaired) electrons. The van der Waals surface area contributed by atoms with Crippen molar-refractivity contribution in [1.82, 2.24) is 15.1 Å². The third kappa shape index (κ3) is 3.62. The van der Waals surface area contributed by atoms with Gasteiger partial charge in [0.1, 0.15) is 11.5 Å². The summed E-state index contributed by atoms with van der Waals surface area (Å²) in [6, 6.07) is 5.74. The molecule has 7 nitrogen and oxygen atoms in total. The van der Waals surface area contributed by atoms with Gasteiger partial charge in [-0.1, -0.05) is 0 Å². The number of ether oxygens (including phenoxy) is 2. The summed E-state index contributed by atoms with van der Waals surface area (Å²) in [5.41, 5.74) is 0.974. The SMILES string of the molecule is COc1ccc(OC)c(CN(CC(=O)N2CCNC2=O)C2CC2)c1. The molecule has 130 valence electrons. The number of nitrogens with zero attached hydrogens (tertiary/aromatic N) is 2. The molecule has 0 spiro atoms. The Labute approximate surface area is 141 Å². The summed E-state index contributed by atoms with van der Waals surface area (Å²) in [5, 5.41) is 2.66. The summed E-state index contributed by atoms with van der Waals surface area (Å²) in [7, 11) is 3.26. The van der Waals surface area contributed by atoms with E-state index in [1.165, 1.54) is 4.90 Å². The Morgan fingerprint density at radius 1 is 1.33 bits per heavy atom. The first kappa shape index (κ1) is 16.6. The number of benzene rings is 1. The topological polar surface area (TPSA) is 71.1 Å². The van der Waals surface area contributed by atoms with Crippen LogP contribution >= 0.6 is 0 Å². The minimum Gasteiger partial charge on any atom is -0.497 e. The molecule has 0 unspecified atom stereocenters. The first-order valence-electron chi connectivity index (χ1n) is 8.15. The van der Waals surface area contributed by atoms with E-state index in [9.17, 15) is 9.59 Å². The first-order chi connectivity index (χ1) is 11.6. The van der Waals surface area contributed by atoms with Crippen LogP contribution in [0.2, 0.25) is 0 Å². The van der Waals surface area contributed by atoms with Crippen LogP contribution in [0.25, 0.3) is 0 Å². The van der Waals surface area contributed by atoms with E-state index in [2.05, 4.69) is 10.2 Å². The second-order valence-electron chi connectivity index (χ2n) is 6.09. The van der Waals surface area contributed by atoms with Gasteiger partial charge in [-0.05, 0) is 31.0 Å². The molecule has 24 heavy (non-hydrogen) atoms. The number of hydrogen-bond donors (Lipinski definition) is 1. The van der Waals surface area contributed by atoms with Crippen molar-refractivity contribution in [2.75, 3.05) is 33.9 Å². The van der Waals surface area contributed by atoms with Gasteiger partial charge in [0.25, 0.3) is 0 Å². The maximum atomic E-state index is 12.4. The van der Waals surface area contributed by atoms with Gasteiger partial charge in [0.05, 0.1) is 20.8 Å². The van der Waals surface area contributed by atoms with Gasteiger partial charge in [-0.2, -0.15) is 0 Å². The fourth-order valence-electron chi connectivity index (χ4n) is 2.95. The molecule has 1 saturated heterocycles. The lowest BCUT2D eigenvalue weighted by atomic mass is 10.1. The third-order valence-corrected chi connectivity index (χ3v) is 4.42. The smallest absolute Gasteiger partial charge is 0.324 e. The van der Waals surface area contributed by atoms with Crippen molar-refractivity contribution >= 4 is 11.9 Å². The lowest BCUT2D eigenvalue weighted by Crippen LogP contribution is -2.42. The normalized spacial score (nSPS) is 17.1. The number of urea groups is 1. The Morgan fingerprint density at radius 2 is 2.12 bits per heavy atom. The molecule has 3 amide bonds. The zero-order valence-electron chi connectivity index (χ0n) is 14.1. The number of methoxy groups -OCH3 is 2. The van der Waals surface area contributed by atoms with Crippen LogP contribution in [0.3, 0.4) is 0 Å². The molecule has 3 rings (SSSR count). The van der Waals surface area contributed by atoms with Crippen molar-refractivity contribution < 1.29 is 19.1 Å². The highest BCUT2D eigenvalue weighted by molar-refractivity contribution is 5.96. The molecule has 1 N–H and O–H groups in total. The highest BCUT2D eigenvalue weighted by Crippen LogP contribution is 2.31. The molecule has 0 bridgehead atoms. The Kier molecular flexibility index (Phi) is 4.89. The van der Waals surface area contributed by atoms with Crippen molar-refractivity contribution in [3.05, 3.63) is 23.8 Å². The molecule has 0 atom stereocenters. The summed E-state index contributed by atoms with van der Waals surface area (Å²) in [6.07, 6.45) is 2.15. The van der Waals surface area contributed by atoms with Crippen molar-refractivity contribution in [3.8, 4) is 11.5 Å². The van der Waals surface area contributed by atoms with Crippen LogP contribution in [0.1, 0.15) is 18.4 Å². The van der Waals surface area contributed by atoms with Crippen molar-refractivity contribution in [2.45, 2.75) is 25.4 Å². The quantitative estimate of drug-likeness (QED) is 0.812. The number of carbonyl (C=O) groups is 2. The summed E-state index contributed by atoms with van der Waals surface area (Å²) in [4.78, 5) is 27.5. The van der Waals surface area contributed by atoms with Crippen molar-refractivity contribution in [2.24, 2.45) is 0 Å². The minimum atomic E-state index is -0.297. The van der Waals surface area contributed by atoms with Crippen LogP contribution in [-0.4, -0.2) is 61.6 Å². The molecule has 1 aliphatic carbocycles. The second kappa shape index (κ2) is 7.09. The fourth-order valence-corrected chi connectivity index (χ4v) is 2.95. The lowest BCUT2D eigenvalue weighted by Gasteiger charge is -2.24. The number of rotatable bonds is 7. The number of carbonyl (C=O) groups excluding carboxylic acids is 2. The number of nitrogens with one attached hydrogen (secondary N) is 1. The lowest BCUT2D eigenvalue weighted by molar-refractivity contribution is -0.129. The number of hydrogen-bond acceptors (Lipinski definition) is 5. The maximum Gasteiger partial charge on any atom is 0.324 e. The van der Waals surface area contributed by atoms with Crippen LogP contribution in [0.15, 0.2) is 18.2 Å². The van der Waals surface area contributed by atoms with Gasteiger partial charge in [0.2, 0.25) is 5.91 Å². The van der Waals surface area contributed by atoms with Gasteiger partial charge in [-0.25, -0.2) is 4.79 Å². The molecule has 1 saturated carbocycles. The van der Waals surface area contributed by atoms with Crippen molar-refractivity contribution in [3.63, 3.8) is 0 Å². The summed E-state index contributed by atoms with van der Waals surface area (Å²) < 4.78 is 10.7. The van der Waals surface area contributed by atoms with E-state index in [0.717, 1.165) is 29.9 Å². The van der Waals surface area contributed by atoms with E-state index in [-0.39, 0.29) is 18.5 Å². The van der Waals surface area contributed by atoms with Crippen LogP contribution < -0.4 is 14.8 Å². The zero-order valence-corrected chi connectivity index (χ0v) is 14.1. The van der Waals surface area contributed by atoms with Crippen LogP contribution in [0.4, 0.5) is 4.79 Å². The predicted molar refractivity (Wildman–Crippen MR) is 88.1 cm³/mol. The van der Waals surface area contributed by atoms with Crippen LogP contribution in [-0.2, 0) is 11.3 Å². The van der Waals surface area contributed by atoms with Crippen LogP contribution in [0.5, 0.6) is 11.5 Å². The largest absolute Gasteiger partial charge is 0.497 e. The third-order valence-electron chi connectivity index (χ3n) is 4.42. The van der Waals surface area contributed by atoms with E-state index in [1.807, 2.05) is 18.2 Å². The Balaban J connectivity index is 1.72. The van der Waals surface area contributed by atoms with Gasteiger partial charge in [0.15, 0.2) is 0 Å². The van der Waals surface area contributed by atoms with E-state index < -0.39 is 0 Å². The van der Waals surface area contributed by atoms with Gasteiger partial charge >= 0.3 is 6.03 Å². The minimum absolute atomic E-state index is 0.154. The van der Waals surface area contributed by atoms with E-state index in [1.54, 1.807) is 14.2 Å². The Bertz CT molecular complexity index is 630. The monoisotopic (exact) mass is 333 g/mol. The summed E-state index contributed by atoms with van der Waals surface area (Å²) in [5.74, 6) is 1.37. The predicted octanol–water partition coefficient (Wildman–Crippen LogP) is 1.22. The van der Waals surface area contributed by atoms with Crippen LogP contribution in [0, 0.1) is 0 Å². The standard InChI is InChI=1S/C17H23N3O4/c1-23-14-5-6-15(24-2)12(9-14)10-19(13-3-4-13)11-16(21)20-8-7-18-17(20)22/h5-6,9,13H,3-4,7-8,10-11H2,1-2H3,(H,18,22). The molecule has 1 aromatic carbocycles.